The van der Waals surface area contributed by atoms with Gasteiger partial charge in [-0.2, -0.15) is 0 Å². The third-order valence-corrected chi connectivity index (χ3v) is 5.56. The van der Waals surface area contributed by atoms with Crippen molar-refractivity contribution in [3.05, 3.63) is 52.2 Å². The Kier molecular flexibility index (Phi) is 10.0. The van der Waals surface area contributed by atoms with Crippen LogP contribution in [-0.4, -0.2) is 57.9 Å². The summed E-state index contributed by atoms with van der Waals surface area (Å²) in [5, 5.41) is 8.96. The number of ether oxygens (including phenoxy) is 2. The molecule has 0 saturated carbocycles. The van der Waals surface area contributed by atoms with Crippen LogP contribution in [0.15, 0.2) is 46.8 Å². The smallest absolute Gasteiger partial charge is 0.191 e. The van der Waals surface area contributed by atoms with Gasteiger partial charge in [0.1, 0.15) is 5.75 Å². The SMILES string of the molecule is CN=C(NCc1cccs1)NCC(c1ccc(OC)cc1)N1CCOCC1.I. The van der Waals surface area contributed by atoms with Crippen molar-refractivity contribution in [2.75, 3.05) is 47.0 Å². The molecule has 1 aliphatic heterocycles. The van der Waals surface area contributed by atoms with Crippen molar-refractivity contribution in [2.45, 2.75) is 12.6 Å². The molecule has 3 rings (SSSR count). The molecule has 1 unspecified atom stereocenters. The number of methoxy groups -OCH3 is 1. The highest BCUT2D eigenvalue weighted by Crippen LogP contribution is 2.23. The van der Waals surface area contributed by atoms with Gasteiger partial charge in [-0.25, -0.2) is 0 Å². The molecule has 1 aromatic carbocycles. The summed E-state index contributed by atoms with van der Waals surface area (Å²) in [5.41, 5.74) is 1.26. The monoisotopic (exact) mass is 516 g/mol. The van der Waals surface area contributed by atoms with Crippen LogP contribution >= 0.6 is 35.3 Å². The van der Waals surface area contributed by atoms with Crippen LogP contribution in [-0.2, 0) is 11.3 Å². The van der Waals surface area contributed by atoms with Crippen LogP contribution in [0.3, 0.4) is 0 Å². The maximum Gasteiger partial charge on any atom is 0.191 e. The van der Waals surface area contributed by atoms with Crippen molar-refractivity contribution < 1.29 is 9.47 Å². The van der Waals surface area contributed by atoms with Gasteiger partial charge >= 0.3 is 0 Å². The Balaban J connectivity index is 0.00000280. The number of nitrogens with zero attached hydrogens (tertiary/aromatic N) is 2. The number of benzene rings is 1. The van der Waals surface area contributed by atoms with E-state index in [1.807, 2.05) is 12.1 Å². The fraction of sp³-hybridized carbons (Fsp3) is 0.450. The van der Waals surface area contributed by atoms with Gasteiger partial charge in [0.25, 0.3) is 0 Å². The molecule has 8 heteroatoms. The number of hydrogen-bond donors (Lipinski definition) is 2. The predicted octanol–water partition coefficient (Wildman–Crippen LogP) is 3.11. The fourth-order valence-electron chi connectivity index (χ4n) is 3.17. The molecule has 1 saturated heterocycles. The molecular formula is C20H29IN4O2S. The molecule has 154 valence electrons. The Morgan fingerprint density at radius 2 is 1.96 bits per heavy atom. The summed E-state index contributed by atoms with van der Waals surface area (Å²) in [6, 6.07) is 12.8. The lowest BCUT2D eigenvalue weighted by atomic mass is 10.0. The highest BCUT2D eigenvalue weighted by atomic mass is 127. The second-order valence-corrected chi connectivity index (χ2v) is 7.36. The van der Waals surface area contributed by atoms with Gasteiger partial charge in [0, 0.05) is 31.6 Å². The number of guanidine groups is 1. The van der Waals surface area contributed by atoms with E-state index >= 15 is 0 Å². The zero-order valence-electron chi connectivity index (χ0n) is 16.4. The first-order valence-electron chi connectivity index (χ1n) is 9.23. The lowest BCUT2D eigenvalue weighted by molar-refractivity contribution is 0.0170. The van der Waals surface area contributed by atoms with E-state index in [-0.39, 0.29) is 30.0 Å². The first-order chi connectivity index (χ1) is 13.3. The third-order valence-electron chi connectivity index (χ3n) is 4.68. The molecule has 2 N–H and O–H groups in total. The van der Waals surface area contributed by atoms with Crippen molar-refractivity contribution in [3.8, 4) is 5.75 Å². The molecule has 2 heterocycles. The van der Waals surface area contributed by atoms with Gasteiger partial charge in [0.2, 0.25) is 0 Å². The van der Waals surface area contributed by atoms with Gasteiger partial charge in [0.15, 0.2) is 5.96 Å². The predicted molar refractivity (Wildman–Crippen MR) is 126 cm³/mol. The summed E-state index contributed by atoms with van der Waals surface area (Å²) in [6.07, 6.45) is 0. The van der Waals surface area contributed by atoms with E-state index < -0.39 is 0 Å². The molecule has 0 aliphatic carbocycles. The molecule has 28 heavy (non-hydrogen) atoms. The lowest BCUT2D eigenvalue weighted by Gasteiger charge is -2.35. The average Bonchev–Trinajstić information content (AvgIpc) is 3.25. The molecule has 1 aromatic heterocycles. The van der Waals surface area contributed by atoms with Crippen LogP contribution in [0.2, 0.25) is 0 Å². The standard InChI is InChI=1S/C20H28N4O2S.HI/c1-21-20(22-14-18-4-3-13-27-18)23-15-19(24-9-11-26-12-10-24)16-5-7-17(25-2)8-6-16;/h3-8,13,19H,9-12,14-15H2,1-2H3,(H2,21,22,23);1H. The van der Waals surface area contributed by atoms with Crippen molar-refractivity contribution in [3.63, 3.8) is 0 Å². The van der Waals surface area contributed by atoms with Crippen molar-refractivity contribution in [2.24, 2.45) is 4.99 Å². The topological polar surface area (TPSA) is 58.1 Å². The summed E-state index contributed by atoms with van der Waals surface area (Å²) in [6.45, 7) is 4.97. The highest BCUT2D eigenvalue weighted by molar-refractivity contribution is 14.0. The summed E-state index contributed by atoms with van der Waals surface area (Å²) < 4.78 is 10.8. The Bertz CT molecular complexity index is 704. The molecule has 0 radical (unpaired) electrons. The number of thiophene rings is 1. The van der Waals surface area contributed by atoms with Crippen LogP contribution in [0.4, 0.5) is 0 Å². The van der Waals surface area contributed by atoms with Gasteiger partial charge in [0.05, 0.1) is 32.9 Å². The van der Waals surface area contributed by atoms with E-state index in [0.717, 1.165) is 51.1 Å². The first-order valence-corrected chi connectivity index (χ1v) is 10.1. The second kappa shape index (κ2) is 12.3. The van der Waals surface area contributed by atoms with Gasteiger partial charge < -0.3 is 20.1 Å². The Morgan fingerprint density at radius 3 is 2.57 bits per heavy atom. The highest BCUT2D eigenvalue weighted by Gasteiger charge is 2.23. The summed E-state index contributed by atoms with van der Waals surface area (Å²) >= 11 is 1.74. The van der Waals surface area contributed by atoms with Crippen molar-refractivity contribution >= 4 is 41.3 Å². The molecule has 1 atom stereocenters. The first kappa shape index (κ1) is 22.9. The second-order valence-electron chi connectivity index (χ2n) is 6.32. The van der Waals surface area contributed by atoms with Crippen molar-refractivity contribution in [1.29, 1.82) is 0 Å². The number of rotatable bonds is 7. The van der Waals surface area contributed by atoms with E-state index in [9.17, 15) is 0 Å². The van der Waals surface area contributed by atoms with E-state index in [2.05, 4.69) is 50.2 Å². The number of halogens is 1. The van der Waals surface area contributed by atoms with Crippen molar-refractivity contribution in [1.82, 2.24) is 15.5 Å². The Labute approximate surface area is 188 Å². The van der Waals surface area contributed by atoms with Crippen LogP contribution in [0, 0.1) is 0 Å². The fourth-order valence-corrected chi connectivity index (χ4v) is 3.82. The number of hydrogen-bond acceptors (Lipinski definition) is 5. The number of nitrogens with one attached hydrogen (secondary N) is 2. The Hall–Kier alpha value is -1.36. The van der Waals surface area contributed by atoms with Crippen LogP contribution in [0.5, 0.6) is 5.75 Å². The Morgan fingerprint density at radius 1 is 1.21 bits per heavy atom. The van der Waals surface area contributed by atoms with Gasteiger partial charge in [-0.05, 0) is 29.1 Å². The molecule has 0 spiro atoms. The number of morpholine rings is 1. The maximum atomic E-state index is 5.53. The molecule has 0 amide bonds. The lowest BCUT2D eigenvalue weighted by Crippen LogP contribution is -2.46. The summed E-state index contributed by atoms with van der Waals surface area (Å²) in [5.74, 6) is 1.69. The number of aliphatic imine (C=N–C) groups is 1. The molecule has 1 aliphatic rings. The maximum absolute atomic E-state index is 5.53. The minimum atomic E-state index is 0. The van der Waals surface area contributed by atoms with Crippen LogP contribution in [0.25, 0.3) is 0 Å². The van der Waals surface area contributed by atoms with E-state index in [0.29, 0.717) is 0 Å². The molecular weight excluding hydrogens is 487 g/mol. The largest absolute Gasteiger partial charge is 0.497 e. The summed E-state index contributed by atoms with van der Waals surface area (Å²) in [7, 11) is 3.50. The normalized spacial score (nSPS) is 16.1. The molecule has 6 nitrogen and oxygen atoms in total. The van der Waals surface area contributed by atoms with E-state index in [1.54, 1.807) is 25.5 Å². The van der Waals surface area contributed by atoms with Crippen LogP contribution < -0.4 is 15.4 Å². The van der Waals surface area contributed by atoms with Gasteiger partial charge in [-0.3, -0.25) is 9.89 Å². The minimum Gasteiger partial charge on any atom is -0.497 e. The van der Waals surface area contributed by atoms with E-state index in [4.69, 9.17) is 9.47 Å². The molecule has 1 fully saturated rings. The third kappa shape index (κ3) is 6.61. The van der Waals surface area contributed by atoms with Gasteiger partial charge in [-0.15, -0.1) is 35.3 Å². The van der Waals surface area contributed by atoms with E-state index in [1.165, 1.54) is 10.4 Å². The minimum absolute atomic E-state index is 0. The average molecular weight is 516 g/mol. The zero-order valence-corrected chi connectivity index (χ0v) is 19.5. The molecule has 0 bridgehead atoms. The summed E-state index contributed by atoms with van der Waals surface area (Å²) in [4.78, 5) is 8.11. The quantitative estimate of drug-likeness (QED) is 0.337. The zero-order chi connectivity index (χ0) is 18.9. The van der Waals surface area contributed by atoms with Crippen LogP contribution in [0.1, 0.15) is 16.5 Å². The molecule has 2 aromatic rings. The van der Waals surface area contributed by atoms with Gasteiger partial charge in [-0.1, -0.05) is 18.2 Å².